The number of esters is 1. The zero-order chi connectivity index (χ0) is 37.7. The number of nitrogens with one attached hydrogen (secondary N) is 1. The standard InChI is InChI=1S/C43H52N4O7/c1-3-53-42(51)43-27-31(43)18-12-6-4-5-9-17-30(23-39(48)46-21-13-8-14-22-46)41(50)47-28-33(25-37(47)40(49)45-43)54-38-26-35(29-15-10-7-11-16-29)44-36-24-32(52-2)19-20-34(36)38/h7,10-12,15-16,18-20,24,26,30-31,33,37H,3-6,8-9,13-14,17,21-23,25,27-28H2,1-2H3,(H,45,49)/b18-12-/t30-,31?,33+,37-,43+/m0/s1. The Hall–Kier alpha value is -4.93. The van der Waals surface area contributed by atoms with E-state index in [1.807, 2.05) is 65.6 Å². The maximum atomic E-state index is 14.7. The van der Waals surface area contributed by atoms with Crippen LogP contribution in [-0.4, -0.2) is 89.5 Å². The molecule has 1 N–H and O–H groups in total. The van der Waals surface area contributed by atoms with Gasteiger partial charge in [0.2, 0.25) is 17.7 Å². The molecule has 2 aromatic carbocycles. The van der Waals surface area contributed by atoms with Gasteiger partial charge in [-0.1, -0.05) is 55.3 Å². The molecule has 0 bridgehead atoms. The number of piperidine rings is 1. The molecule has 0 radical (unpaired) electrons. The summed E-state index contributed by atoms with van der Waals surface area (Å²) < 4.78 is 17.8. The van der Waals surface area contributed by atoms with E-state index in [9.17, 15) is 19.2 Å². The normalized spacial score (nSPS) is 26.8. The molecule has 7 rings (SSSR count). The van der Waals surface area contributed by atoms with Crippen molar-refractivity contribution in [3.05, 3.63) is 66.7 Å². The smallest absolute Gasteiger partial charge is 0.332 e. The predicted octanol–water partition coefficient (Wildman–Crippen LogP) is 6.24. The van der Waals surface area contributed by atoms with Crippen molar-refractivity contribution in [2.75, 3.05) is 33.4 Å². The molecule has 4 aliphatic rings. The number of rotatable bonds is 8. The average molecular weight is 737 g/mol. The first-order valence-corrected chi connectivity index (χ1v) is 19.7. The van der Waals surface area contributed by atoms with E-state index in [0.29, 0.717) is 48.6 Å². The highest BCUT2D eigenvalue weighted by molar-refractivity contribution is 5.96. The second-order valence-corrected chi connectivity index (χ2v) is 15.1. The Morgan fingerprint density at radius 3 is 2.56 bits per heavy atom. The topological polar surface area (TPSA) is 127 Å². The summed E-state index contributed by atoms with van der Waals surface area (Å²) in [6.07, 6.45) is 11.4. The Morgan fingerprint density at radius 2 is 1.78 bits per heavy atom. The maximum absolute atomic E-state index is 14.7. The van der Waals surface area contributed by atoms with Crippen molar-refractivity contribution in [1.82, 2.24) is 20.1 Å². The molecule has 4 heterocycles. The Balaban J connectivity index is 1.22. The average Bonchev–Trinajstić information content (AvgIpc) is 3.73. The third-order valence-electron chi connectivity index (χ3n) is 11.5. The SMILES string of the molecule is CCOC(=O)[C@@]12CC1/C=C\CCCCC[C@@H](CC(=O)N1CCCCC1)C(=O)N1C[C@H](Oc3cc(-c4ccccc4)nc4cc(OC)ccc34)C[C@H]1C(=O)N2. The van der Waals surface area contributed by atoms with Crippen molar-refractivity contribution in [1.29, 1.82) is 0 Å². The summed E-state index contributed by atoms with van der Waals surface area (Å²) in [6.45, 7) is 3.53. The van der Waals surface area contributed by atoms with Crippen LogP contribution >= 0.6 is 0 Å². The number of carbonyl (C=O) groups excluding carboxylic acids is 4. The van der Waals surface area contributed by atoms with Crippen LogP contribution < -0.4 is 14.8 Å². The lowest BCUT2D eigenvalue weighted by Crippen LogP contribution is -2.54. The number of ether oxygens (including phenoxy) is 3. The number of allylic oxidation sites excluding steroid dienone is 1. The summed E-state index contributed by atoms with van der Waals surface area (Å²) in [5, 5.41) is 3.84. The first kappa shape index (κ1) is 37.4. The highest BCUT2D eigenvalue weighted by Gasteiger charge is 2.62. The van der Waals surface area contributed by atoms with Gasteiger partial charge in [-0.3, -0.25) is 14.4 Å². The van der Waals surface area contributed by atoms with Gasteiger partial charge >= 0.3 is 5.97 Å². The van der Waals surface area contributed by atoms with Crippen LogP contribution in [-0.2, 0) is 23.9 Å². The lowest BCUT2D eigenvalue weighted by Gasteiger charge is -2.31. The van der Waals surface area contributed by atoms with Gasteiger partial charge < -0.3 is 29.3 Å². The quantitative estimate of drug-likeness (QED) is 0.213. The van der Waals surface area contributed by atoms with E-state index in [-0.39, 0.29) is 43.7 Å². The lowest BCUT2D eigenvalue weighted by molar-refractivity contribution is -0.150. The van der Waals surface area contributed by atoms with Crippen LogP contribution in [0.25, 0.3) is 22.2 Å². The van der Waals surface area contributed by atoms with Crippen molar-refractivity contribution in [3.8, 4) is 22.8 Å². The second-order valence-electron chi connectivity index (χ2n) is 15.1. The van der Waals surface area contributed by atoms with Crippen LogP contribution in [0.1, 0.15) is 77.6 Å². The van der Waals surface area contributed by atoms with Crippen LogP contribution in [0.3, 0.4) is 0 Å². The molecule has 286 valence electrons. The van der Waals surface area contributed by atoms with E-state index < -0.39 is 35.5 Å². The van der Waals surface area contributed by atoms with E-state index in [0.717, 1.165) is 55.9 Å². The minimum atomic E-state index is -1.17. The molecular formula is C43H52N4O7. The third kappa shape index (κ3) is 8.10. The van der Waals surface area contributed by atoms with Gasteiger partial charge in [-0.2, -0.15) is 0 Å². The summed E-state index contributed by atoms with van der Waals surface area (Å²) in [7, 11) is 1.61. The number of benzene rings is 2. The predicted molar refractivity (Wildman–Crippen MR) is 205 cm³/mol. The molecular weight excluding hydrogens is 684 g/mol. The van der Waals surface area contributed by atoms with Crippen molar-refractivity contribution < 1.29 is 33.4 Å². The molecule has 3 fully saturated rings. The summed E-state index contributed by atoms with van der Waals surface area (Å²) in [4.78, 5) is 64.6. The fourth-order valence-electron chi connectivity index (χ4n) is 8.35. The summed E-state index contributed by atoms with van der Waals surface area (Å²) in [6, 6.07) is 16.5. The molecule has 1 aliphatic carbocycles. The maximum Gasteiger partial charge on any atom is 0.332 e. The van der Waals surface area contributed by atoms with E-state index in [4.69, 9.17) is 19.2 Å². The Labute approximate surface area is 317 Å². The van der Waals surface area contributed by atoms with Gasteiger partial charge in [0, 0.05) is 60.8 Å². The molecule has 54 heavy (non-hydrogen) atoms. The van der Waals surface area contributed by atoms with Crippen LogP contribution in [0, 0.1) is 11.8 Å². The fourth-order valence-corrected chi connectivity index (χ4v) is 8.35. The van der Waals surface area contributed by atoms with E-state index >= 15 is 0 Å². The number of amides is 3. The second kappa shape index (κ2) is 16.6. The number of methoxy groups -OCH3 is 1. The van der Waals surface area contributed by atoms with Crippen molar-refractivity contribution in [2.24, 2.45) is 11.8 Å². The number of nitrogens with zero attached hydrogens (tertiary/aromatic N) is 3. The molecule has 3 aliphatic heterocycles. The molecule has 11 heteroatoms. The zero-order valence-corrected chi connectivity index (χ0v) is 31.5. The van der Waals surface area contributed by atoms with Crippen molar-refractivity contribution in [3.63, 3.8) is 0 Å². The molecule has 3 aromatic rings. The first-order chi connectivity index (χ1) is 26.3. The van der Waals surface area contributed by atoms with Gasteiger partial charge in [0.05, 0.1) is 31.5 Å². The number of pyridine rings is 1. The van der Waals surface area contributed by atoms with Crippen LogP contribution in [0.4, 0.5) is 0 Å². The minimum Gasteiger partial charge on any atom is -0.497 e. The van der Waals surface area contributed by atoms with Gasteiger partial charge in [0.15, 0.2) is 0 Å². The summed E-state index contributed by atoms with van der Waals surface area (Å²) in [5.74, 6) is -0.608. The number of hydrogen-bond acceptors (Lipinski definition) is 8. The van der Waals surface area contributed by atoms with E-state index in [2.05, 4.69) is 11.4 Å². The molecule has 2 saturated heterocycles. The monoisotopic (exact) mass is 736 g/mol. The van der Waals surface area contributed by atoms with Gasteiger partial charge in [-0.25, -0.2) is 9.78 Å². The Morgan fingerprint density at radius 1 is 0.981 bits per heavy atom. The number of aromatic nitrogens is 1. The number of likely N-dealkylation sites (tertiary alicyclic amines) is 1. The van der Waals surface area contributed by atoms with Gasteiger partial charge in [-0.15, -0.1) is 0 Å². The molecule has 1 saturated carbocycles. The molecule has 3 amide bonds. The molecule has 11 nitrogen and oxygen atoms in total. The van der Waals surface area contributed by atoms with E-state index in [1.54, 1.807) is 18.9 Å². The summed E-state index contributed by atoms with van der Waals surface area (Å²) in [5.41, 5.74) is 1.15. The highest BCUT2D eigenvalue weighted by Crippen LogP contribution is 2.46. The van der Waals surface area contributed by atoms with Crippen LogP contribution in [0.2, 0.25) is 0 Å². The largest absolute Gasteiger partial charge is 0.497 e. The van der Waals surface area contributed by atoms with Crippen LogP contribution in [0.5, 0.6) is 11.5 Å². The Bertz CT molecular complexity index is 1880. The molecule has 0 spiro atoms. The number of hydrogen-bond donors (Lipinski definition) is 1. The van der Waals surface area contributed by atoms with Gasteiger partial charge in [0.25, 0.3) is 0 Å². The van der Waals surface area contributed by atoms with E-state index in [1.165, 1.54) is 0 Å². The highest BCUT2D eigenvalue weighted by atomic mass is 16.5. The third-order valence-corrected chi connectivity index (χ3v) is 11.5. The summed E-state index contributed by atoms with van der Waals surface area (Å²) >= 11 is 0. The van der Waals surface area contributed by atoms with Crippen molar-refractivity contribution in [2.45, 2.75) is 95.2 Å². The van der Waals surface area contributed by atoms with Gasteiger partial charge in [-0.05, 0) is 64.0 Å². The number of fused-ring (bicyclic) bond motifs is 3. The zero-order valence-electron chi connectivity index (χ0n) is 31.5. The lowest BCUT2D eigenvalue weighted by atomic mass is 9.94. The first-order valence-electron chi connectivity index (χ1n) is 19.7. The molecule has 5 atom stereocenters. The fraction of sp³-hybridized carbons (Fsp3) is 0.512. The van der Waals surface area contributed by atoms with Crippen molar-refractivity contribution >= 4 is 34.6 Å². The molecule has 1 unspecified atom stereocenters. The minimum absolute atomic E-state index is 0.00360. The molecule has 1 aromatic heterocycles. The van der Waals surface area contributed by atoms with Gasteiger partial charge in [0.1, 0.15) is 29.2 Å². The van der Waals surface area contributed by atoms with Crippen LogP contribution in [0.15, 0.2) is 66.7 Å². The number of carbonyl (C=O) groups is 4. The Kier molecular flexibility index (Phi) is 11.5.